The van der Waals surface area contributed by atoms with Gasteiger partial charge < -0.3 is 9.84 Å². The van der Waals surface area contributed by atoms with Crippen LogP contribution in [-0.2, 0) is 0 Å². The number of methoxy groups -OCH3 is 1. The molecule has 1 N–H and O–H groups in total. The monoisotopic (exact) mass is 282 g/mol. The van der Waals surface area contributed by atoms with Crippen molar-refractivity contribution in [3.05, 3.63) is 64.7 Å². The van der Waals surface area contributed by atoms with Crippen molar-refractivity contribution in [2.75, 3.05) is 7.11 Å². The lowest BCUT2D eigenvalue weighted by Gasteiger charge is -2.04. The average Bonchev–Trinajstić information content (AvgIpc) is 2.45. The molecule has 0 fully saturated rings. The number of aryl methyl sites for hydroxylation is 2. The molecule has 0 aromatic heterocycles. The number of phenols is 1. The zero-order chi connectivity index (χ0) is 15.4. The number of allylic oxidation sites excluding steroid dienone is 1. The van der Waals surface area contributed by atoms with E-state index < -0.39 is 0 Å². The summed E-state index contributed by atoms with van der Waals surface area (Å²) >= 11 is 0. The zero-order valence-electron chi connectivity index (χ0n) is 12.4. The number of carbonyl (C=O) groups is 1. The van der Waals surface area contributed by atoms with E-state index in [1.807, 2.05) is 32.0 Å². The van der Waals surface area contributed by atoms with E-state index >= 15 is 0 Å². The first-order valence-electron chi connectivity index (χ1n) is 6.68. The molecule has 0 unspecified atom stereocenters. The summed E-state index contributed by atoms with van der Waals surface area (Å²) in [6, 6.07) is 10.8. The zero-order valence-corrected chi connectivity index (χ0v) is 12.4. The van der Waals surface area contributed by atoms with Gasteiger partial charge in [-0.1, -0.05) is 35.9 Å². The normalized spacial score (nSPS) is 10.8. The van der Waals surface area contributed by atoms with E-state index in [2.05, 4.69) is 0 Å². The van der Waals surface area contributed by atoms with Gasteiger partial charge in [0.15, 0.2) is 17.3 Å². The summed E-state index contributed by atoms with van der Waals surface area (Å²) in [5.41, 5.74) is 3.52. The van der Waals surface area contributed by atoms with Crippen molar-refractivity contribution in [1.82, 2.24) is 0 Å². The highest BCUT2D eigenvalue weighted by atomic mass is 16.5. The summed E-state index contributed by atoms with van der Waals surface area (Å²) in [7, 11) is 1.49. The number of hydrogen-bond donors (Lipinski definition) is 1. The van der Waals surface area contributed by atoms with Gasteiger partial charge in [0.1, 0.15) is 0 Å². The lowest BCUT2D eigenvalue weighted by molar-refractivity contribution is 0.104. The molecule has 2 rings (SSSR count). The fourth-order valence-corrected chi connectivity index (χ4v) is 2.16. The summed E-state index contributed by atoms with van der Waals surface area (Å²) in [4.78, 5) is 12.2. The van der Waals surface area contributed by atoms with Crippen LogP contribution >= 0.6 is 0 Å². The van der Waals surface area contributed by atoms with Crippen LogP contribution in [-0.4, -0.2) is 18.0 Å². The van der Waals surface area contributed by atoms with E-state index in [1.54, 1.807) is 24.3 Å². The van der Waals surface area contributed by atoms with Crippen LogP contribution in [0.5, 0.6) is 11.5 Å². The second-order valence-corrected chi connectivity index (χ2v) is 4.95. The third-order valence-corrected chi connectivity index (χ3v) is 3.28. The molecule has 108 valence electrons. The first-order valence-corrected chi connectivity index (χ1v) is 6.68. The lowest BCUT2D eigenvalue weighted by Crippen LogP contribution is -1.98. The van der Waals surface area contributed by atoms with Crippen molar-refractivity contribution in [2.24, 2.45) is 0 Å². The fraction of sp³-hybridized carbons (Fsp3) is 0.167. The number of carbonyl (C=O) groups excluding carboxylic acids is 1. The molecule has 3 nitrogen and oxygen atoms in total. The Bertz CT molecular complexity index is 700. The van der Waals surface area contributed by atoms with Crippen molar-refractivity contribution in [2.45, 2.75) is 13.8 Å². The van der Waals surface area contributed by atoms with E-state index in [0.29, 0.717) is 11.3 Å². The lowest BCUT2D eigenvalue weighted by atomic mass is 10.0. The Kier molecular flexibility index (Phi) is 4.43. The molecule has 2 aromatic rings. The average molecular weight is 282 g/mol. The van der Waals surface area contributed by atoms with Gasteiger partial charge in [0.2, 0.25) is 0 Å². The highest BCUT2D eigenvalue weighted by molar-refractivity contribution is 6.07. The van der Waals surface area contributed by atoms with Crippen LogP contribution in [0.2, 0.25) is 0 Å². The van der Waals surface area contributed by atoms with Crippen LogP contribution < -0.4 is 4.74 Å². The van der Waals surface area contributed by atoms with Crippen LogP contribution in [0.25, 0.3) is 6.08 Å². The molecular weight excluding hydrogens is 264 g/mol. The van der Waals surface area contributed by atoms with Gasteiger partial charge in [-0.15, -0.1) is 0 Å². The SMILES string of the molecule is COc1ccc(C=CC(=O)c2ccc(C)cc2C)cc1O. The second kappa shape index (κ2) is 6.27. The molecule has 0 bridgehead atoms. The van der Waals surface area contributed by atoms with Crippen molar-refractivity contribution >= 4 is 11.9 Å². The second-order valence-electron chi connectivity index (χ2n) is 4.95. The van der Waals surface area contributed by atoms with Crippen LogP contribution in [0.15, 0.2) is 42.5 Å². The van der Waals surface area contributed by atoms with E-state index in [0.717, 1.165) is 16.7 Å². The predicted molar refractivity (Wildman–Crippen MR) is 83.9 cm³/mol. The summed E-state index contributed by atoms with van der Waals surface area (Å²) in [5, 5.41) is 9.70. The topological polar surface area (TPSA) is 46.5 Å². The van der Waals surface area contributed by atoms with Gasteiger partial charge in [0.05, 0.1) is 7.11 Å². The molecule has 0 atom stereocenters. The summed E-state index contributed by atoms with van der Waals surface area (Å²) in [6.45, 7) is 3.92. The number of aromatic hydroxyl groups is 1. The van der Waals surface area contributed by atoms with Crippen molar-refractivity contribution in [3.63, 3.8) is 0 Å². The molecule has 0 radical (unpaired) electrons. The van der Waals surface area contributed by atoms with Crippen molar-refractivity contribution < 1.29 is 14.6 Å². The Morgan fingerprint density at radius 1 is 1.14 bits per heavy atom. The molecule has 0 saturated heterocycles. The predicted octanol–water partition coefficient (Wildman–Crippen LogP) is 3.91. The number of benzene rings is 2. The maximum atomic E-state index is 12.2. The van der Waals surface area contributed by atoms with Crippen LogP contribution in [0.3, 0.4) is 0 Å². The van der Waals surface area contributed by atoms with Crippen LogP contribution in [0, 0.1) is 13.8 Å². The molecule has 3 heteroatoms. The number of phenolic OH excluding ortho intramolecular Hbond substituents is 1. The van der Waals surface area contributed by atoms with E-state index in [9.17, 15) is 9.90 Å². The van der Waals surface area contributed by atoms with E-state index in [4.69, 9.17) is 4.74 Å². The van der Waals surface area contributed by atoms with Crippen LogP contribution in [0.1, 0.15) is 27.0 Å². The number of ketones is 1. The largest absolute Gasteiger partial charge is 0.504 e. The highest BCUT2D eigenvalue weighted by Crippen LogP contribution is 2.26. The Hall–Kier alpha value is -2.55. The summed E-state index contributed by atoms with van der Waals surface area (Å²) in [6.07, 6.45) is 3.19. The molecule has 0 aliphatic carbocycles. The number of ether oxygens (including phenoxy) is 1. The minimum absolute atomic E-state index is 0.0530. The molecule has 0 aliphatic heterocycles. The van der Waals surface area contributed by atoms with Gasteiger partial charge in [-0.25, -0.2) is 0 Å². The molecule has 2 aromatic carbocycles. The van der Waals surface area contributed by atoms with E-state index in [1.165, 1.54) is 13.2 Å². The smallest absolute Gasteiger partial charge is 0.186 e. The van der Waals surface area contributed by atoms with Gasteiger partial charge in [-0.2, -0.15) is 0 Å². The van der Waals surface area contributed by atoms with Gasteiger partial charge in [-0.3, -0.25) is 4.79 Å². The molecule has 0 aliphatic rings. The maximum absolute atomic E-state index is 12.2. The Balaban J connectivity index is 2.20. The summed E-state index contributed by atoms with van der Waals surface area (Å²) in [5.74, 6) is 0.411. The first kappa shape index (κ1) is 14.9. The third kappa shape index (κ3) is 3.51. The van der Waals surface area contributed by atoms with Gasteiger partial charge in [-0.05, 0) is 43.2 Å². The molecule has 21 heavy (non-hydrogen) atoms. The minimum atomic E-state index is -0.0530. The molecular formula is C18H18O3. The van der Waals surface area contributed by atoms with E-state index in [-0.39, 0.29) is 11.5 Å². The highest BCUT2D eigenvalue weighted by Gasteiger charge is 2.06. The van der Waals surface area contributed by atoms with Gasteiger partial charge in [0, 0.05) is 5.56 Å². The van der Waals surface area contributed by atoms with Gasteiger partial charge in [0.25, 0.3) is 0 Å². The fourth-order valence-electron chi connectivity index (χ4n) is 2.16. The Morgan fingerprint density at radius 2 is 1.90 bits per heavy atom. The molecule has 0 spiro atoms. The maximum Gasteiger partial charge on any atom is 0.186 e. The van der Waals surface area contributed by atoms with Crippen molar-refractivity contribution in [1.29, 1.82) is 0 Å². The standard InChI is InChI=1S/C18H18O3/c1-12-4-7-15(13(2)10-12)16(19)8-5-14-6-9-18(21-3)17(20)11-14/h4-11,20H,1-3H3. The number of hydrogen-bond acceptors (Lipinski definition) is 3. The molecule has 0 saturated carbocycles. The third-order valence-electron chi connectivity index (χ3n) is 3.28. The molecule has 0 amide bonds. The summed E-state index contributed by atoms with van der Waals surface area (Å²) < 4.78 is 4.98. The Labute approximate surface area is 124 Å². The minimum Gasteiger partial charge on any atom is -0.504 e. The first-order chi connectivity index (χ1) is 10.0. The Morgan fingerprint density at radius 3 is 2.52 bits per heavy atom. The molecule has 0 heterocycles. The quantitative estimate of drug-likeness (QED) is 0.683. The number of rotatable bonds is 4. The van der Waals surface area contributed by atoms with Gasteiger partial charge >= 0.3 is 0 Å². The van der Waals surface area contributed by atoms with Crippen LogP contribution in [0.4, 0.5) is 0 Å². The van der Waals surface area contributed by atoms with Crippen molar-refractivity contribution in [3.8, 4) is 11.5 Å².